The fourth-order valence-corrected chi connectivity index (χ4v) is 16.6. The van der Waals surface area contributed by atoms with Crippen LogP contribution in [-0.4, -0.2) is 138 Å². The number of hydrogen-bond donors (Lipinski definition) is 6. The van der Waals surface area contributed by atoms with Crippen molar-refractivity contribution in [3.8, 4) is 90.5 Å². The smallest absolute Gasteiger partial charge is 0.306 e. The molecule has 9 heterocycles. The second-order valence-corrected chi connectivity index (χ2v) is 32.1. The summed E-state index contributed by atoms with van der Waals surface area (Å²) < 4.78 is 21.2. The summed E-state index contributed by atoms with van der Waals surface area (Å²) in [6.45, 7) is 10.4. The first-order chi connectivity index (χ1) is 63.3. The fourth-order valence-electron chi connectivity index (χ4n) is 15.8. The lowest BCUT2D eigenvalue weighted by Crippen LogP contribution is -2.31. The van der Waals surface area contributed by atoms with Gasteiger partial charge in [0.05, 0.1) is 67.5 Å². The van der Waals surface area contributed by atoms with Gasteiger partial charge in [-0.2, -0.15) is 0 Å². The number of amides is 7. The molecule has 7 amide bonds. The Hall–Kier alpha value is -16.5. The molecule has 0 atom stereocenters. The third kappa shape index (κ3) is 21.4. The number of thioether (sulfide) groups is 1. The molecular weight excluding hydrogens is 1670 g/mol. The predicted molar refractivity (Wildman–Crippen MR) is 503 cm³/mol. The van der Waals surface area contributed by atoms with Crippen LogP contribution < -0.4 is 28.7 Å². The minimum Gasteiger partial charge on any atom is -0.481 e. The molecule has 0 unspecified atom stereocenters. The second kappa shape index (κ2) is 41.3. The number of imidazole rings is 4. The number of aromatic nitrogens is 12. The number of hydrogen-bond acceptors (Lipinski definition) is 15. The van der Waals surface area contributed by atoms with Gasteiger partial charge < -0.3 is 75.0 Å². The van der Waals surface area contributed by atoms with Crippen molar-refractivity contribution in [2.75, 3.05) is 18.9 Å². The van der Waals surface area contributed by atoms with Crippen LogP contribution in [-0.2, 0) is 49.6 Å². The number of carbonyl (C=O) groups excluding carboxylic acids is 8. The third-order valence-electron chi connectivity index (χ3n) is 22.4. The summed E-state index contributed by atoms with van der Waals surface area (Å²) >= 11 is 1.18. The first-order valence-corrected chi connectivity index (χ1v) is 43.2. The summed E-state index contributed by atoms with van der Waals surface area (Å²) in [6.07, 6.45) is 24.2. The average Bonchev–Trinajstić information content (AvgIpc) is 1.68. The third-order valence-corrected chi connectivity index (χ3v) is 23.2. The van der Waals surface area contributed by atoms with Crippen LogP contribution in [0.2, 0.25) is 0 Å². The van der Waals surface area contributed by atoms with Crippen LogP contribution in [0.15, 0.2) is 293 Å². The lowest BCUT2D eigenvalue weighted by atomic mass is 10.1. The maximum Gasteiger partial charge on any atom is 0.306 e. The Morgan fingerprint density at radius 2 is 0.649 bits per heavy atom. The van der Waals surface area contributed by atoms with Crippen molar-refractivity contribution in [2.45, 2.75) is 86.0 Å². The molecular formula is C101H96N18O11S. The normalized spacial score (nSPS) is 11.5. The van der Waals surface area contributed by atoms with Crippen LogP contribution in [0.5, 0.6) is 0 Å². The number of primary amides is 5. The van der Waals surface area contributed by atoms with Crippen LogP contribution in [0, 0.1) is 27.7 Å². The van der Waals surface area contributed by atoms with E-state index < -0.39 is 29.6 Å². The van der Waals surface area contributed by atoms with E-state index in [9.17, 15) is 43.2 Å². The zero-order valence-electron chi connectivity index (χ0n) is 72.6. The molecule has 1 saturated heterocycles. The highest BCUT2D eigenvalue weighted by atomic mass is 32.2. The number of imide groups is 1. The van der Waals surface area contributed by atoms with Gasteiger partial charge in [-0.15, -0.1) is 0 Å². The van der Waals surface area contributed by atoms with Gasteiger partial charge >= 0.3 is 11.9 Å². The minimum atomic E-state index is -0.847. The maximum atomic E-state index is 12.7. The van der Waals surface area contributed by atoms with Crippen molar-refractivity contribution in [1.29, 1.82) is 0 Å². The van der Waals surface area contributed by atoms with Gasteiger partial charge in [-0.05, 0) is 275 Å². The zero-order valence-corrected chi connectivity index (χ0v) is 73.4. The Morgan fingerprint density at radius 3 is 0.885 bits per heavy atom. The van der Waals surface area contributed by atoms with Crippen molar-refractivity contribution in [3.63, 3.8) is 0 Å². The molecule has 662 valence electrons. The van der Waals surface area contributed by atoms with Crippen molar-refractivity contribution < 1.29 is 53.0 Å². The lowest BCUT2D eigenvalue weighted by molar-refractivity contribution is -0.143. The van der Waals surface area contributed by atoms with Gasteiger partial charge in [0.1, 0.15) is 0 Å². The van der Waals surface area contributed by atoms with E-state index in [1.54, 1.807) is 106 Å². The standard InChI is InChI=1S/C27H25N5O3S.C26H26N4O3.C24H23N5O2.C24H22N4O3/c1-18-16-20(26(28)34)4-9-23(18)32-22(8-11-25(33)31-14-15-36-27(31)35)7-10-24(32)19-2-5-21(6-3-19)30-13-12-29-17-30;1-3-33-25(31)13-10-22-9-12-24(19-4-7-21(8-5-19)29-15-14-28-17-29)30(22)23-11-6-20(26(27)32)16-18(23)2;1-16-14-18(24(26)31)4-9-21(16)29-20(8-11-23(25)30)7-10-22(29)17-2-5-19(6-3-17)28-13-12-27-15-28;1-16-14-18(24(25)31)4-9-21(16)28-20(8-11-23(29)30)7-10-22(28)17-2-5-19(6-3-17)27-13-12-26-15-27/h2-7,9-10,12-13,16-17H,8,11,14-15H2,1H3,(H2,28,34);4-9,11-12,14-17H,3,10,13H2,1-2H3,(H2,27,32);2-7,9-10,12-15H,8,11H2,1H3,(H2,25,30)(H2,26,31);2-7,9-10,12-15H,8,11H2,1H3,(H2,25,31)(H,29,30). The topological polar surface area (TPSA) is 407 Å². The monoisotopic (exact) mass is 1770 g/mol. The Morgan fingerprint density at radius 1 is 0.366 bits per heavy atom. The largest absolute Gasteiger partial charge is 0.481 e. The molecule has 11 N–H and O–H groups in total. The maximum absolute atomic E-state index is 12.7. The summed E-state index contributed by atoms with van der Waals surface area (Å²) in [5, 5.41) is 8.99. The number of carbonyl (C=O) groups is 9. The molecule has 8 aromatic carbocycles. The van der Waals surface area contributed by atoms with E-state index in [-0.39, 0.29) is 48.7 Å². The van der Waals surface area contributed by atoms with Crippen molar-refractivity contribution in [1.82, 2.24) is 61.4 Å². The molecule has 0 saturated carbocycles. The van der Waals surface area contributed by atoms with Crippen LogP contribution in [0.25, 0.3) is 90.5 Å². The van der Waals surface area contributed by atoms with Gasteiger partial charge in [0, 0.05) is 165 Å². The number of aryl methyl sites for hydroxylation is 8. The SMILES string of the molecule is CCOC(=O)CCc1ccc(-c2ccc(-n3ccnc3)cc2)n1-c1ccc(C(N)=O)cc1C.Cc1cc(C(N)=O)ccc1-n1c(CCC(=O)N2CCSC2=O)ccc1-c1ccc(-n2ccnc2)cc1.Cc1cc(C(N)=O)ccc1-n1c(CCC(=O)O)ccc1-c1ccc(-n2ccnc2)cc1.Cc1cc(C(N)=O)ccc1-n1c(CCC(N)=O)ccc1-c1ccc(-n2ccnc2)cc1. The number of benzene rings is 8. The van der Waals surface area contributed by atoms with Gasteiger partial charge in [0.25, 0.3) is 5.24 Å². The Labute approximate surface area is 759 Å². The van der Waals surface area contributed by atoms with E-state index in [1.807, 2.05) is 228 Å². The predicted octanol–water partition coefficient (Wildman–Crippen LogP) is 15.5. The highest BCUT2D eigenvalue weighted by Gasteiger charge is 2.29. The Bertz CT molecular complexity index is 6630. The summed E-state index contributed by atoms with van der Waals surface area (Å²) in [4.78, 5) is 123. The highest BCUT2D eigenvalue weighted by Crippen LogP contribution is 2.37. The molecule has 30 heteroatoms. The molecule has 16 aromatic rings. The average molecular weight is 1770 g/mol. The zero-order chi connectivity index (χ0) is 92.5. The van der Waals surface area contributed by atoms with Crippen LogP contribution in [0.3, 0.4) is 0 Å². The number of rotatable bonds is 29. The van der Waals surface area contributed by atoms with E-state index in [2.05, 4.69) is 50.3 Å². The van der Waals surface area contributed by atoms with Gasteiger partial charge in [-0.25, -0.2) is 19.9 Å². The van der Waals surface area contributed by atoms with Crippen molar-refractivity contribution in [3.05, 3.63) is 361 Å². The summed E-state index contributed by atoms with van der Waals surface area (Å²) in [5.74, 6) is -2.83. The van der Waals surface area contributed by atoms with E-state index in [4.69, 9.17) is 38.5 Å². The van der Waals surface area contributed by atoms with Gasteiger partial charge in [-0.1, -0.05) is 60.3 Å². The number of carboxylic acid groups (broad SMARTS) is 1. The molecule has 0 aliphatic carbocycles. The van der Waals surface area contributed by atoms with Gasteiger partial charge in [-0.3, -0.25) is 48.1 Å². The van der Waals surface area contributed by atoms with E-state index in [0.717, 1.165) is 136 Å². The lowest BCUT2D eigenvalue weighted by Gasteiger charge is -2.18. The Kier molecular flexibility index (Phi) is 28.6. The fraction of sp³-hybridized carbons (Fsp3) is 0.158. The molecule has 8 aromatic heterocycles. The van der Waals surface area contributed by atoms with Crippen LogP contribution in [0.4, 0.5) is 4.79 Å². The van der Waals surface area contributed by atoms with Gasteiger partial charge in [0.15, 0.2) is 0 Å². The number of ether oxygens (including phenoxy) is 1. The van der Waals surface area contributed by atoms with E-state index >= 15 is 0 Å². The number of nitrogens with zero attached hydrogens (tertiary/aromatic N) is 13. The van der Waals surface area contributed by atoms with Gasteiger partial charge in [0.2, 0.25) is 35.4 Å². The van der Waals surface area contributed by atoms with Crippen molar-refractivity contribution in [2.24, 2.45) is 28.7 Å². The summed E-state index contributed by atoms with van der Waals surface area (Å²) in [6, 6.07) is 70.1. The molecule has 0 bridgehead atoms. The number of aliphatic carboxylic acids is 1. The number of nitrogens with two attached hydrogens (primary N) is 5. The molecule has 0 radical (unpaired) electrons. The molecule has 1 aliphatic heterocycles. The van der Waals surface area contributed by atoms with Crippen molar-refractivity contribution >= 4 is 64.4 Å². The molecule has 131 heavy (non-hydrogen) atoms. The van der Waals surface area contributed by atoms with E-state index in [0.29, 0.717) is 66.8 Å². The Balaban J connectivity index is 0.000000141. The number of esters is 1. The highest BCUT2D eigenvalue weighted by molar-refractivity contribution is 8.13. The van der Waals surface area contributed by atoms with Crippen LogP contribution >= 0.6 is 11.8 Å². The summed E-state index contributed by atoms with van der Waals surface area (Å²) in [7, 11) is 0. The minimum absolute atomic E-state index is 0.0292. The first-order valence-electron chi connectivity index (χ1n) is 42.2. The first kappa shape index (κ1) is 90.7. The molecule has 29 nitrogen and oxygen atoms in total. The molecule has 1 aliphatic rings. The number of carboxylic acids is 1. The molecule has 17 rings (SSSR count). The molecule has 1 fully saturated rings. The van der Waals surface area contributed by atoms with E-state index in [1.165, 1.54) is 16.7 Å². The second-order valence-electron chi connectivity index (χ2n) is 31.0. The summed E-state index contributed by atoms with van der Waals surface area (Å²) in [5.41, 5.74) is 51.9. The molecule has 0 spiro atoms. The van der Waals surface area contributed by atoms with Crippen LogP contribution in [0.1, 0.15) is 119 Å². The quantitative estimate of drug-likeness (QED) is 0.0237.